The molecule has 14 nitrogen and oxygen atoms in total. The molecule has 0 saturated heterocycles. The Kier molecular flexibility index (Phi) is 34.4. The number of unbranched alkanes of at least 4 members (excludes halogenated alkanes) is 3. The molecule has 12 rings (SSSR count). The van der Waals surface area contributed by atoms with E-state index < -0.39 is 40.2 Å². The van der Waals surface area contributed by atoms with E-state index in [9.17, 15) is 19.2 Å². The van der Waals surface area contributed by atoms with E-state index in [4.69, 9.17) is 28.5 Å². The van der Waals surface area contributed by atoms with Crippen molar-refractivity contribution in [1.82, 2.24) is 29.1 Å². The molecule has 0 fully saturated rings. The molecule has 4 aromatic heterocycles. The van der Waals surface area contributed by atoms with E-state index in [0.717, 1.165) is 9.52 Å². The van der Waals surface area contributed by atoms with Gasteiger partial charge in [-0.05, 0) is 94.5 Å². The molecule has 0 bridgehead atoms. The Morgan fingerprint density at radius 3 is 1.11 bits per heavy atom. The second-order valence-electron chi connectivity index (χ2n) is 23.0. The number of ether oxygens (including phenoxy) is 2. The van der Waals surface area contributed by atoms with Gasteiger partial charge in [0.25, 0.3) is 11.8 Å². The van der Waals surface area contributed by atoms with Crippen LogP contribution >= 0.6 is 57.5 Å². The van der Waals surface area contributed by atoms with E-state index >= 15 is 0 Å². The van der Waals surface area contributed by atoms with Gasteiger partial charge in [0.05, 0.1) is 36.2 Å². The average molecular weight is 1720 g/mol. The number of pyridine rings is 2. The second kappa shape index (κ2) is 43.0. The summed E-state index contributed by atoms with van der Waals surface area (Å²) in [6, 6.07) is 71.9. The minimum atomic E-state index is -2.31. The van der Waals surface area contributed by atoms with Gasteiger partial charge in [0, 0.05) is 52.2 Å². The van der Waals surface area contributed by atoms with Crippen LogP contribution in [0.3, 0.4) is 0 Å². The zero-order valence-electron chi connectivity index (χ0n) is 56.9. The maximum absolute atomic E-state index is 12.6. The molecule has 0 radical (unpaired) electrons. The third kappa shape index (κ3) is 23.8. The molecule has 2 amide bonds. The topological polar surface area (TPSA) is 155 Å². The number of carbonyl (C=O) groups is 4. The summed E-state index contributed by atoms with van der Waals surface area (Å²) in [6.45, 7) is 7.64. The average Bonchev–Trinajstić information content (AvgIpc) is 1.78. The van der Waals surface area contributed by atoms with Gasteiger partial charge in [0.15, 0.2) is 3.83 Å². The maximum Gasteiger partial charge on any atom is -0.0134 e. The van der Waals surface area contributed by atoms with Crippen molar-refractivity contribution < 1.29 is 44.6 Å². The van der Waals surface area contributed by atoms with E-state index in [1.807, 2.05) is 19.2 Å². The Bertz CT molecular complexity index is 3790. The van der Waals surface area contributed by atoms with Gasteiger partial charge in [0.2, 0.25) is 0 Å². The molecule has 0 N–H and O–H groups in total. The van der Waals surface area contributed by atoms with Gasteiger partial charge in [-0.1, -0.05) is 182 Å². The van der Waals surface area contributed by atoms with Crippen molar-refractivity contribution in [3.63, 3.8) is 0 Å². The largest absolute Gasteiger partial charge is 0.0622 e. The van der Waals surface area contributed by atoms with Crippen LogP contribution < -0.4 is 41.6 Å². The number of rotatable bonds is 21. The molecule has 0 saturated carbocycles. The van der Waals surface area contributed by atoms with Crippen molar-refractivity contribution >= 4 is 148 Å². The van der Waals surface area contributed by atoms with Crippen LogP contribution in [0, 0.1) is 3.83 Å². The summed E-state index contributed by atoms with van der Waals surface area (Å²) in [5.74, 6) is -0.233. The first-order valence-electron chi connectivity index (χ1n) is 32.7. The SMILES string of the molecule is CCC[CH2][Sn]([CH2]CCC)([CH2]CCC)[C]1=CC(=O)OC1.CN(C(=O)c1cnc(C2=CC(=O)OC2)n1C)c1cccnc1.CN(C(=O)c1cnc(I)n1C)c1cccnc1.[Cl][Pd][Cl].c1ccc(P(c2ccccc2)c2ccccc2)cc1.c1ccc(P(c2ccccc2)c2ccccc2)cc1. The molecule has 2 aliphatic heterocycles. The number of halogens is 3. The van der Waals surface area contributed by atoms with E-state index in [2.05, 4.69) is 245 Å². The smallest absolute Gasteiger partial charge is 0.0134 e. The molecule has 99 heavy (non-hydrogen) atoms. The predicted octanol–water partition coefficient (Wildman–Crippen LogP) is 15.9. The standard InChI is InChI=1S/2C18H15P.C15H14N4O3.C11H11IN4O.C4H3O2.3C4H9.2ClH.Pd.Sn/c2*1-4-10-16(11-5-1)19(17-12-6-2-7-13-17)18-14-8-3-9-15-18;1-18(11-4-3-5-16-7-11)15(21)12-8-17-14(19(12)2)10-6-13(20)22-9-10;1-15(8-4-3-5-13-6-8)10(17)9-7-14-11(12)16(9)2;5-4-2-1-3-6-4;3*1-3-4-2;;;;/h2*1-15H;3-8H,9H2,1-2H3;3-7H,1-2H3;2H,3H2;3*1,3-4H2,2H3;2*1H;;/q;;;;;;;;;;+2;/p-2. The Morgan fingerprint density at radius 1 is 0.495 bits per heavy atom. The quantitative estimate of drug-likeness (QED) is 0.0294. The first kappa shape index (κ1) is 79.4. The molecular weight excluding hydrogens is 1630 g/mol. The molecule has 10 aromatic rings. The van der Waals surface area contributed by atoms with Gasteiger partial charge in [0.1, 0.15) is 23.8 Å². The third-order valence-electron chi connectivity index (χ3n) is 16.4. The fraction of sp³-hybridized carbons (Fsp3) is 0.231. The maximum atomic E-state index is 12.6. The van der Waals surface area contributed by atoms with Crippen molar-refractivity contribution in [2.24, 2.45) is 14.1 Å². The van der Waals surface area contributed by atoms with E-state index in [0.29, 0.717) is 35.1 Å². The Hall–Kier alpha value is -6.97. The summed E-state index contributed by atoms with van der Waals surface area (Å²) in [7, 11) is 15.7. The normalized spacial score (nSPS) is 12.1. The summed E-state index contributed by atoms with van der Waals surface area (Å²) >= 11 is -0.333. The minimum absolute atomic E-state index is 0.0828. The number of esters is 2. The van der Waals surface area contributed by atoms with Crippen LogP contribution in [-0.2, 0) is 49.1 Å². The number of anilines is 2. The van der Waals surface area contributed by atoms with Gasteiger partial charge < -0.3 is 23.7 Å². The molecule has 0 unspecified atom stereocenters. The Balaban J connectivity index is 0.000000173. The molecule has 0 atom stereocenters. The number of carbonyl (C=O) groups excluding carboxylic acids is 4. The first-order valence-corrected chi connectivity index (χ1v) is 48.0. The van der Waals surface area contributed by atoms with Crippen molar-refractivity contribution in [1.29, 1.82) is 0 Å². The molecule has 0 spiro atoms. The van der Waals surface area contributed by atoms with E-state index in [-0.39, 0.29) is 40.3 Å². The number of imidazole rings is 2. The van der Waals surface area contributed by atoms with Crippen LogP contribution in [-0.4, -0.2) is 98.5 Å². The molecule has 21 heteroatoms. The zero-order chi connectivity index (χ0) is 70.8. The first-order chi connectivity index (χ1) is 48.2. The summed E-state index contributed by atoms with van der Waals surface area (Å²) in [5, 5.41) is 8.39. The fourth-order valence-corrected chi connectivity index (χ4v) is 32.1. The molecule has 518 valence electrons. The van der Waals surface area contributed by atoms with Gasteiger partial charge in [-0.3, -0.25) is 19.6 Å². The predicted molar refractivity (Wildman–Crippen MR) is 418 cm³/mol. The molecule has 2 aliphatic rings. The van der Waals surface area contributed by atoms with E-state index in [1.54, 1.807) is 84.4 Å². The Morgan fingerprint density at radius 2 is 0.828 bits per heavy atom. The number of nitrogens with zero attached hydrogens (tertiary/aromatic N) is 8. The fourth-order valence-electron chi connectivity index (χ4n) is 11.1. The minimum Gasteiger partial charge on any atom is -0.0622 e. The van der Waals surface area contributed by atoms with Crippen LogP contribution in [0.15, 0.2) is 259 Å². The molecule has 6 heterocycles. The zero-order valence-corrected chi connectivity index (χ0v) is 66.8. The van der Waals surface area contributed by atoms with Crippen LogP contribution in [0.1, 0.15) is 86.1 Å². The van der Waals surface area contributed by atoms with Gasteiger partial charge in [-0.15, -0.1) is 0 Å². The van der Waals surface area contributed by atoms with Crippen LogP contribution in [0.25, 0.3) is 5.57 Å². The summed E-state index contributed by atoms with van der Waals surface area (Å²) in [6.07, 6.45) is 20.8. The van der Waals surface area contributed by atoms with Crippen molar-refractivity contribution in [2.75, 3.05) is 37.1 Å². The second-order valence-corrected chi connectivity index (χ2v) is 44.2. The van der Waals surface area contributed by atoms with Gasteiger partial charge in [-0.25, -0.2) is 14.8 Å². The molecule has 0 aliphatic carbocycles. The number of amides is 2. The number of cyclic esters (lactones) is 2. The number of hydrogen-bond donors (Lipinski definition) is 0. The van der Waals surface area contributed by atoms with Gasteiger partial charge in [-0.2, -0.15) is 0 Å². The van der Waals surface area contributed by atoms with Gasteiger partial charge >= 0.3 is 164 Å². The summed E-state index contributed by atoms with van der Waals surface area (Å²) < 4.78 is 20.1. The molecular formula is C78H85Cl2IN8O6P2PdSn. The third-order valence-corrected chi connectivity index (χ3v) is 38.3. The number of benzene rings is 6. The molecule has 6 aromatic carbocycles. The van der Waals surface area contributed by atoms with Crippen LogP contribution in [0.4, 0.5) is 11.4 Å². The van der Waals surface area contributed by atoms with E-state index in [1.165, 1.54) is 104 Å². The summed E-state index contributed by atoms with van der Waals surface area (Å²) in [5.41, 5.74) is 3.08. The van der Waals surface area contributed by atoms with Crippen molar-refractivity contribution in [3.05, 3.63) is 280 Å². The monoisotopic (exact) mass is 1710 g/mol. The number of hydrogen-bond acceptors (Lipinski definition) is 10. The number of aromatic nitrogens is 6. The Labute approximate surface area is 620 Å². The van der Waals surface area contributed by atoms with Crippen molar-refractivity contribution in [3.8, 4) is 0 Å². The van der Waals surface area contributed by atoms with Crippen molar-refractivity contribution in [2.45, 2.75) is 72.6 Å². The van der Waals surface area contributed by atoms with Crippen LogP contribution in [0.5, 0.6) is 0 Å². The summed E-state index contributed by atoms with van der Waals surface area (Å²) in [4.78, 5) is 66.8. The van der Waals surface area contributed by atoms with Crippen LogP contribution in [0.2, 0.25) is 13.3 Å².